The zero-order chi connectivity index (χ0) is 51.9. The van der Waals surface area contributed by atoms with Gasteiger partial charge in [0.1, 0.15) is 31.5 Å². The average Bonchev–Trinajstić information content (AvgIpc) is 3.89. The summed E-state index contributed by atoms with van der Waals surface area (Å²) in [6.07, 6.45) is 9.65. The first-order chi connectivity index (χ1) is 34.9. The molecule has 0 radical (unpaired) electrons. The minimum atomic E-state index is -0.797. The maximum Gasteiger partial charge on any atom is 0.323 e. The highest BCUT2D eigenvalue weighted by molar-refractivity contribution is 6.00. The van der Waals surface area contributed by atoms with Crippen molar-refractivity contribution in [3.63, 3.8) is 0 Å². The van der Waals surface area contributed by atoms with E-state index >= 15 is 8.78 Å². The predicted octanol–water partition coefficient (Wildman–Crippen LogP) is 9.91. The molecule has 2 fully saturated rings. The molecule has 4 N–H and O–H groups in total. The number of aryl methyl sites for hydroxylation is 1. The Labute approximate surface area is 425 Å². The molecule has 2 aliphatic rings. The van der Waals surface area contributed by atoms with Gasteiger partial charge in [-0.3, -0.25) is 9.67 Å². The smallest absolute Gasteiger partial charge is 0.323 e. The monoisotopic (exact) mass is 1000 g/mol. The molecule has 1 saturated carbocycles. The van der Waals surface area contributed by atoms with Crippen LogP contribution in [-0.4, -0.2) is 115 Å². The fourth-order valence-electron chi connectivity index (χ4n) is 8.22. The molecular weight excluding hydrogens is 937 g/mol. The van der Waals surface area contributed by atoms with Crippen LogP contribution in [0.2, 0.25) is 0 Å². The number of morpholine rings is 1. The van der Waals surface area contributed by atoms with Crippen LogP contribution in [0, 0.1) is 30.9 Å². The lowest BCUT2D eigenvalue weighted by Crippen LogP contribution is -2.36. The molecule has 1 aliphatic carbocycles. The average molecular weight is 1000 g/mol. The number of anilines is 4. The Morgan fingerprint density at radius 3 is 2.18 bits per heavy atom. The summed E-state index contributed by atoms with van der Waals surface area (Å²) < 4.78 is 58.4. The second-order valence-corrected chi connectivity index (χ2v) is 20.1. The van der Waals surface area contributed by atoms with Gasteiger partial charge in [0.2, 0.25) is 11.8 Å². The van der Waals surface area contributed by atoms with Gasteiger partial charge < -0.3 is 50.0 Å². The number of nitrogens with one attached hydrogen (secondary N) is 4. The van der Waals surface area contributed by atoms with Crippen LogP contribution in [0.5, 0.6) is 17.5 Å². The molecule has 2 aromatic carbocycles. The van der Waals surface area contributed by atoms with Crippen molar-refractivity contribution in [2.24, 2.45) is 5.41 Å². The first-order valence-electron chi connectivity index (χ1n) is 24.5. The van der Waals surface area contributed by atoms with Crippen LogP contribution in [0.3, 0.4) is 0 Å². The highest BCUT2D eigenvalue weighted by Gasteiger charge is 2.36. The van der Waals surface area contributed by atoms with Crippen LogP contribution in [0.25, 0.3) is 33.5 Å². The number of urea groups is 2. The van der Waals surface area contributed by atoms with Crippen molar-refractivity contribution in [3.05, 3.63) is 102 Å². The number of carbonyl (C=O) groups excluding carboxylic acids is 2. The largest absolute Gasteiger partial charge is 0.487 e. The van der Waals surface area contributed by atoms with Crippen molar-refractivity contribution in [1.82, 2.24) is 34.9 Å². The zero-order valence-corrected chi connectivity index (χ0v) is 42.8. The molecule has 1 aliphatic heterocycles. The van der Waals surface area contributed by atoms with E-state index in [4.69, 9.17) is 28.9 Å². The molecule has 5 heterocycles. The topological polar surface area (TPSA) is 182 Å². The van der Waals surface area contributed by atoms with Gasteiger partial charge in [0.05, 0.1) is 47.7 Å². The standard InChI is InChI=1S/C54H65F2N11O6/c1-34-25-42(55)44(62-51(68)58-16-13-54(6)11-12-54)30-40(34)37-26-43(36-9-14-57-15-10-36)61-47(28-37)72-23-24-73-50-35(2)41(31-45(49(50)56)63-52(69)60-39-32-59-67(33-39)53(3,4)5)38-27-46(66-18-20-70-21-19-66)64-48(29-38)71-22-17-65(7)8/h9-10,14-15,25-33H,11-13,16-24H2,1-8H3,(H2,58,62,68)(H2,60,63,69). The third kappa shape index (κ3) is 13.6. The van der Waals surface area contributed by atoms with E-state index in [9.17, 15) is 9.59 Å². The Morgan fingerprint density at radius 1 is 0.808 bits per heavy atom. The summed E-state index contributed by atoms with van der Waals surface area (Å²) >= 11 is 0. The van der Waals surface area contributed by atoms with Crippen molar-refractivity contribution in [2.75, 3.05) is 94.2 Å². The Kier molecular flexibility index (Phi) is 16.1. The molecule has 386 valence electrons. The summed E-state index contributed by atoms with van der Waals surface area (Å²) in [4.78, 5) is 44.4. The lowest BCUT2D eigenvalue weighted by atomic mass is 9.98. The van der Waals surface area contributed by atoms with Crippen molar-refractivity contribution >= 4 is 34.9 Å². The van der Waals surface area contributed by atoms with E-state index in [2.05, 4.69) is 43.2 Å². The fraction of sp³-hybridized carbons (Fsp3) is 0.407. The van der Waals surface area contributed by atoms with E-state index in [1.54, 1.807) is 61.4 Å². The highest BCUT2D eigenvalue weighted by atomic mass is 19.1. The van der Waals surface area contributed by atoms with E-state index in [0.29, 0.717) is 102 Å². The van der Waals surface area contributed by atoms with Gasteiger partial charge in [0.25, 0.3) is 0 Å². The Balaban J connectivity index is 1.08. The Morgan fingerprint density at radius 2 is 1.48 bits per heavy atom. The number of rotatable bonds is 19. The summed E-state index contributed by atoms with van der Waals surface area (Å²) in [6.45, 7) is 15.3. The molecule has 8 rings (SSSR count). The number of hydrogen-bond donors (Lipinski definition) is 4. The van der Waals surface area contributed by atoms with Crippen molar-refractivity contribution in [1.29, 1.82) is 0 Å². The number of amides is 4. The van der Waals surface area contributed by atoms with Crippen molar-refractivity contribution in [2.45, 2.75) is 66.3 Å². The molecule has 1 saturated heterocycles. The molecule has 0 unspecified atom stereocenters. The van der Waals surface area contributed by atoms with Crippen LogP contribution < -0.4 is 40.4 Å². The number of aromatic nitrogens is 5. The maximum absolute atomic E-state index is 16.9. The van der Waals surface area contributed by atoms with E-state index in [-0.39, 0.29) is 47.2 Å². The van der Waals surface area contributed by atoms with Crippen molar-refractivity contribution in [3.8, 4) is 51.0 Å². The van der Waals surface area contributed by atoms with Crippen LogP contribution in [0.1, 0.15) is 58.1 Å². The minimum Gasteiger partial charge on any atom is -0.487 e. The maximum atomic E-state index is 16.9. The van der Waals surface area contributed by atoms with E-state index in [1.165, 1.54) is 12.3 Å². The molecule has 4 amide bonds. The van der Waals surface area contributed by atoms with Gasteiger partial charge >= 0.3 is 12.1 Å². The first kappa shape index (κ1) is 52.0. The van der Waals surface area contributed by atoms with Gasteiger partial charge in [-0.2, -0.15) is 10.1 Å². The molecule has 19 heteroatoms. The van der Waals surface area contributed by atoms with E-state index in [0.717, 1.165) is 24.8 Å². The molecule has 0 spiro atoms. The normalized spacial score (nSPS) is 14.2. The van der Waals surface area contributed by atoms with Gasteiger partial charge in [-0.05, 0) is 144 Å². The summed E-state index contributed by atoms with van der Waals surface area (Å²) in [5.74, 6) is -0.223. The number of hydrogen-bond acceptors (Lipinski definition) is 12. The molecule has 73 heavy (non-hydrogen) atoms. The second kappa shape index (κ2) is 22.6. The van der Waals surface area contributed by atoms with Crippen LogP contribution in [0.15, 0.2) is 79.4 Å². The number of pyridine rings is 3. The number of ether oxygens (including phenoxy) is 4. The third-order valence-corrected chi connectivity index (χ3v) is 12.8. The lowest BCUT2D eigenvalue weighted by Gasteiger charge is -2.28. The van der Waals surface area contributed by atoms with Crippen LogP contribution >= 0.6 is 0 Å². The van der Waals surface area contributed by atoms with Crippen LogP contribution in [0.4, 0.5) is 41.2 Å². The van der Waals surface area contributed by atoms with Crippen LogP contribution in [-0.2, 0) is 10.3 Å². The summed E-state index contributed by atoms with van der Waals surface area (Å²) in [7, 11) is 3.91. The zero-order valence-electron chi connectivity index (χ0n) is 42.8. The first-order valence-corrected chi connectivity index (χ1v) is 24.5. The quantitative estimate of drug-likeness (QED) is 0.0565. The molecular formula is C54H65F2N11O6. The molecule has 17 nitrogen and oxygen atoms in total. The Bertz CT molecular complexity index is 2920. The highest BCUT2D eigenvalue weighted by Crippen LogP contribution is 2.47. The number of likely N-dealkylation sites (N-methyl/N-ethyl adjacent to an activating group) is 1. The minimum absolute atomic E-state index is 0.0219. The molecule has 6 aromatic rings. The predicted molar refractivity (Wildman–Crippen MR) is 279 cm³/mol. The third-order valence-electron chi connectivity index (χ3n) is 12.8. The summed E-state index contributed by atoms with van der Waals surface area (Å²) in [5, 5.41) is 15.4. The van der Waals surface area contributed by atoms with Gasteiger partial charge in [-0.25, -0.2) is 23.4 Å². The SMILES string of the molecule is Cc1cc(F)c(NC(=O)NCCC2(C)CC2)cc1-c1cc(OCCOc2c(C)c(-c3cc(OCCN(C)C)nc(N4CCOCC4)c3)cc(NC(=O)Nc3cnn(C(C)(C)C)c3)c2F)nc(-c2ccncc2)c1. The van der Waals surface area contributed by atoms with E-state index in [1.807, 2.05) is 64.0 Å². The molecule has 0 bridgehead atoms. The summed E-state index contributed by atoms with van der Waals surface area (Å²) in [6, 6.07) is 14.3. The van der Waals surface area contributed by atoms with Crippen molar-refractivity contribution < 1.29 is 37.3 Å². The lowest BCUT2D eigenvalue weighted by molar-refractivity contribution is 0.122. The number of carbonyl (C=O) groups is 2. The number of halogens is 2. The molecule has 0 atom stereocenters. The van der Waals surface area contributed by atoms with Gasteiger partial charge in [-0.1, -0.05) is 6.92 Å². The number of benzene rings is 2. The Hall–Kier alpha value is -7.38. The van der Waals surface area contributed by atoms with Gasteiger partial charge in [0.15, 0.2) is 11.6 Å². The van der Waals surface area contributed by atoms with E-state index < -0.39 is 23.7 Å². The summed E-state index contributed by atoms with van der Waals surface area (Å²) in [5.41, 5.74) is 5.12. The van der Waals surface area contributed by atoms with Gasteiger partial charge in [0, 0.05) is 68.0 Å². The second-order valence-electron chi connectivity index (χ2n) is 20.1. The van der Waals surface area contributed by atoms with Gasteiger partial charge in [-0.15, -0.1) is 0 Å². The number of nitrogens with zero attached hydrogens (tertiary/aromatic N) is 7. The fourth-order valence-corrected chi connectivity index (χ4v) is 8.22. The molecule has 4 aromatic heterocycles.